The van der Waals surface area contributed by atoms with Gasteiger partial charge in [0.1, 0.15) is 0 Å². The molecule has 1 N–H and O–H groups in total. The minimum atomic E-state index is -0.271. The first-order valence-corrected chi connectivity index (χ1v) is 9.04. The first-order valence-electron chi connectivity index (χ1n) is 9.04. The van der Waals surface area contributed by atoms with Crippen molar-refractivity contribution in [2.45, 2.75) is 25.7 Å². The Hall–Kier alpha value is -2.89. The second-order valence-electron chi connectivity index (χ2n) is 7.10. The Bertz CT molecular complexity index is 817. The molecule has 2 rings (SSSR count). The number of carbonyl (C=O) groups excluding carboxylic acids is 1. The SMILES string of the molecule is COc1ccc(CC(=O)NCC(C)(C)c2ccc(OC)c(OC)c2)cc1OC. The summed E-state index contributed by atoms with van der Waals surface area (Å²) in [4.78, 5) is 12.4. The predicted octanol–water partition coefficient (Wildman–Crippen LogP) is 3.36. The van der Waals surface area contributed by atoms with Gasteiger partial charge in [-0.3, -0.25) is 4.79 Å². The van der Waals surface area contributed by atoms with E-state index in [9.17, 15) is 4.79 Å². The van der Waals surface area contributed by atoms with Crippen LogP contribution in [0.1, 0.15) is 25.0 Å². The molecule has 6 nitrogen and oxygen atoms in total. The van der Waals surface area contributed by atoms with Crippen molar-refractivity contribution in [3.63, 3.8) is 0 Å². The average Bonchev–Trinajstić information content (AvgIpc) is 2.71. The van der Waals surface area contributed by atoms with Crippen LogP contribution in [0.25, 0.3) is 0 Å². The fourth-order valence-electron chi connectivity index (χ4n) is 2.92. The third kappa shape index (κ3) is 5.09. The van der Waals surface area contributed by atoms with Gasteiger partial charge in [0, 0.05) is 12.0 Å². The lowest BCUT2D eigenvalue weighted by Crippen LogP contribution is -2.37. The Balaban J connectivity index is 2.03. The first-order chi connectivity index (χ1) is 13.3. The molecule has 0 heterocycles. The lowest BCUT2D eigenvalue weighted by atomic mass is 9.84. The molecule has 6 heteroatoms. The molecular formula is C22H29NO5. The summed E-state index contributed by atoms with van der Waals surface area (Å²) in [5.41, 5.74) is 1.64. The van der Waals surface area contributed by atoms with Crippen molar-refractivity contribution < 1.29 is 23.7 Å². The first kappa shape index (κ1) is 21.4. The van der Waals surface area contributed by atoms with Gasteiger partial charge in [0.2, 0.25) is 5.91 Å². The minimum Gasteiger partial charge on any atom is -0.493 e. The highest BCUT2D eigenvalue weighted by Gasteiger charge is 2.23. The van der Waals surface area contributed by atoms with Crippen LogP contribution in [0.2, 0.25) is 0 Å². The zero-order valence-electron chi connectivity index (χ0n) is 17.4. The standard InChI is InChI=1S/C22H29NO5/c1-22(2,16-8-10-18(26-4)20(13-16)28-6)14-23-21(24)12-15-7-9-17(25-3)19(11-15)27-5/h7-11,13H,12,14H2,1-6H3,(H,23,24). The number of carbonyl (C=O) groups is 1. The van der Waals surface area contributed by atoms with Crippen LogP contribution >= 0.6 is 0 Å². The Morgan fingerprint density at radius 1 is 0.821 bits per heavy atom. The maximum Gasteiger partial charge on any atom is 0.224 e. The Morgan fingerprint density at radius 3 is 1.93 bits per heavy atom. The quantitative estimate of drug-likeness (QED) is 0.715. The number of nitrogens with one attached hydrogen (secondary N) is 1. The molecule has 152 valence electrons. The molecule has 0 spiro atoms. The van der Waals surface area contributed by atoms with Gasteiger partial charge >= 0.3 is 0 Å². The molecule has 2 aromatic carbocycles. The van der Waals surface area contributed by atoms with Crippen LogP contribution in [-0.2, 0) is 16.6 Å². The van der Waals surface area contributed by atoms with Gasteiger partial charge < -0.3 is 24.3 Å². The van der Waals surface area contributed by atoms with Crippen molar-refractivity contribution in [1.29, 1.82) is 0 Å². The molecule has 0 aliphatic heterocycles. The normalized spacial score (nSPS) is 10.9. The fraction of sp³-hybridized carbons (Fsp3) is 0.409. The summed E-state index contributed by atoms with van der Waals surface area (Å²) in [6, 6.07) is 11.3. The van der Waals surface area contributed by atoms with Crippen LogP contribution in [0.5, 0.6) is 23.0 Å². The number of hydrogen-bond acceptors (Lipinski definition) is 5. The van der Waals surface area contributed by atoms with Gasteiger partial charge in [-0.05, 0) is 35.4 Å². The van der Waals surface area contributed by atoms with E-state index in [0.717, 1.165) is 11.1 Å². The third-order valence-electron chi connectivity index (χ3n) is 4.71. The molecule has 0 aliphatic rings. The molecule has 28 heavy (non-hydrogen) atoms. The molecule has 0 atom stereocenters. The number of methoxy groups -OCH3 is 4. The van der Waals surface area contributed by atoms with Crippen LogP contribution in [-0.4, -0.2) is 40.9 Å². The molecule has 0 aromatic heterocycles. The second-order valence-corrected chi connectivity index (χ2v) is 7.10. The molecule has 0 fully saturated rings. The van der Waals surface area contributed by atoms with Gasteiger partial charge in [-0.15, -0.1) is 0 Å². The van der Waals surface area contributed by atoms with E-state index >= 15 is 0 Å². The highest BCUT2D eigenvalue weighted by Crippen LogP contribution is 2.33. The van der Waals surface area contributed by atoms with Crippen LogP contribution in [0.3, 0.4) is 0 Å². The fourth-order valence-corrected chi connectivity index (χ4v) is 2.92. The average molecular weight is 387 g/mol. The van der Waals surface area contributed by atoms with Gasteiger partial charge in [-0.2, -0.15) is 0 Å². The third-order valence-corrected chi connectivity index (χ3v) is 4.71. The van der Waals surface area contributed by atoms with Gasteiger partial charge in [0.05, 0.1) is 34.9 Å². The summed E-state index contributed by atoms with van der Waals surface area (Å²) in [6.07, 6.45) is 0.266. The zero-order valence-corrected chi connectivity index (χ0v) is 17.4. The molecule has 2 aromatic rings. The lowest BCUT2D eigenvalue weighted by Gasteiger charge is -2.26. The number of rotatable bonds is 9. The van der Waals surface area contributed by atoms with Crippen molar-refractivity contribution in [3.8, 4) is 23.0 Å². The van der Waals surface area contributed by atoms with Crippen LogP contribution in [0.4, 0.5) is 0 Å². The van der Waals surface area contributed by atoms with E-state index in [-0.39, 0.29) is 17.7 Å². The van der Waals surface area contributed by atoms with E-state index in [4.69, 9.17) is 18.9 Å². The maximum absolute atomic E-state index is 12.4. The molecule has 0 saturated heterocycles. The van der Waals surface area contributed by atoms with Crippen molar-refractivity contribution in [3.05, 3.63) is 47.5 Å². The second kappa shape index (κ2) is 9.35. The van der Waals surface area contributed by atoms with Crippen LogP contribution in [0, 0.1) is 0 Å². The Kier molecular flexibility index (Phi) is 7.15. The van der Waals surface area contributed by atoms with Crippen LogP contribution in [0.15, 0.2) is 36.4 Å². The summed E-state index contributed by atoms with van der Waals surface area (Å²) in [6.45, 7) is 4.64. The summed E-state index contributed by atoms with van der Waals surface area (Å²) in [5, 5.41) is 3.02. The maximum atomic E-state index is 12.4. The van der Waals surface area contributed by atoms with E-state index in [1.165, 1.54) is 0 Å². The van der Waals surface area contributed by atoms with Crippen molar-refractivity contribution in [2.75, 3.05) is 35.0 Å². The van der Waals surface area contributed by atoms with E-state index in [2.05, 4.69) is 19.2 Å². The zero-order chi connectivity index (χ0) is 20.7. The summed E-state index contributed by atoms with van der Waals surface area (Å²) >= 11 is 0. The number of amides is 1. The highest BCUT2D eigenvalue weighted by atomic mass is 16.5. The van der Waals surface area contributed by atoms with Crippen LogP contribution < -0.4 is 24.3 Å². The molecule has 0 radical (unpaired) electrons. The van der Waals surface area contributed by atoms with E-state index in [0.29, 0.717) is 29.5 Å². The van der Waals surface area contributed by atoms with Crippen molar-refractivity contribution in [2.24, 2.45) is 0 Å². The van der Waals surface area contributed by atoms with Gasteiger partial charge in [-0.25, -0.2) is 0 Å². The number of ether oxygens (including phenoxy) is 4. The van der Waals surface area contributed by atoms with E-state index < -0.39 is 0 Å². The Labute approximate surface area is 166 Å². The largest absolute Gasteiger partial charge is 0.493 e. The van der Waals surface area contributed by atoms with E-state index in [1.54, 1.807) is 34.5 Å². The monoisotopic (exact) mass is 387 g/mol. The molecule has 0 aliphatic carbocycles. The van der Waals surface area contributed by atoms with Gasteiger partial charge in [-0.1, -0.05) is 26.0 Å². The lowest BCUT2D eigenvalue weighted by molar-refractivity contribution is -0.120. The Morgan fingerprint density at radius 2 is 1.36 bits per heavy atom. The summed E-state index contributed by atoms with van der Waals surface area (Å²) in [7, 11) is 6.38. The molecular weight excluding hydrogens is 358 g/mol. The van der Waals surface area contributed by atoms with E-state index in [1.807, 2.05) is 30.3 Å². The molecule has 1 amide bonds. The highest BCUT2D eigenvalue weighted by molar-refractivity contribution is 5.79. The molecule has 0 saturated carbocycles. The van der Waals surface area contributed by atoms with Gasteiger partial charge in [0.15, 0.2) is 23.0 Å². The molecule has 0 unspecified atom stereocenters. The number of hydrogen-bond donors (Lipinski definition) is 1. The molecule has 0 bridgehead atoms. The minimum absolute atomic E-state index is 0.0548. The van der Waals surface area contributed by atoms with Crippen molar-refractivity contribution in [1.82, 2.24) is 5.32 Å². The topological polar surface area (TPSA) is 66.0 Å². The smallest absolute Gasteiger partial charge is 0.224 e. The number of benzene rings is 2. The summed E-state index contributed by atoms with van der Waals surface area (Å²) < 4.78 is 21.2. The van der Waals surface area contributed by atoms with Crippen molar-refractivity contribution >= 4 is 5.91 Å². The summed E-state index contributed by atoms with van der Waals surface area (Å²) in [5.74, 6) is 2.55. The predicted molar refractivity (Wildman–Crippen MR) is 109 cm³/mol. The van der Waals surface area contributed by atoms with Gasteiger partial charge in [0.25, 0.3) is 0 Å².